The van der Waals surface area contributed by atoms with E-state index in [1.807, 2.05) is 37.3 Å². The minimum absolute atomic E-state index is 0.0590. The third-order valence-electron chi connectivity index (χ3n) is 5.85. The van der Waals surface area contributed by atoms with Gasteiger partial charge in [-0.3, -0.25) is 4.79 Å². The smallest absolute Gasteiger partial charge is 0.261 e. The summed E-state index contributed by atoms with van der Waals surface area (Å²) in [6, 6.07) is 20.7. The van der Waals surface area contributed by atoms with Crippen molar-refractivity contribution in [3.05, 3.63) is 89.0 Å². The predicted octanol–water partition coefficient (Wildman–Crippen LogP) is 5.72. The van der Waals surface area contributed by atoms with Crippen molar-refractivity contribution in [1.29, 1.82) is 10.0 Å². The third kappa shape index (κ3) is 5.48. The summed E-state index contributed by atoms with van der Waals surface area (Å²) in [4.78, 5) is 14.0. The summed E-state index contributed by atoms with van der Waals surface area (Å²) in [5.41, 5.74) is 3.71. The molecule has 0 bridgehead atoms. The van der Waals surface area contributed by atoms with E-state index in [1.165, 1.54) is 25.5 Å². The SMILES string of the molecule is COc1cc(C#N)ccc1Oc1nnc(-c2ccccc2C)c(C)c1C(=O)Nc1cccc([S@](C)(=N)=O)c1. The van der Waals surface area contributed by atoms with Crippen LogP contribution < -0.4 is 14.8 Å². The van der Waals surface area contributed by atoms with Crippen LogP contribution in [0.15, 0.2) is 71.6 Å². The first-order valence-electron chi connectivity index (χ1n) is 11.5. The molecule has 0 unspecified atom stereocenters. The maximum atomic E-state index is 13.7. The molecule has 1 amide bonds. The molecule has 0 aliphatic carbocycles. The van der Waals surface area contributed by atoms with E-state index in [9.17, 15) is 14.3 Å². The van der Waals surface area contributed by atoms with Gasteiger partial charge in [-0.05, 0) is 55.3 Å². The first kappa shape index (κ1) is 26.3. The fraction of sp³-hybridized carbons (Fsp3) is 0.143. The molecular weight excluding hydrogens is 502 g/mol. The number of rotatable bonds is 7. The van der Waals surface area contributed by atoms with Crippen LogP contribution in [0.1, 0.15) is 27.0 Å². The van der Waals surface area contributed by atoms with Gasteiger partial charge in [0.25, 0.3) is 11.8 Å². The second-order valence-electron chi connectivity index (χ2n) is 8.57. The van der Waals surface area contributed by atoms with Gasteiger partial charge in [-0.2, -0.15) is 5.26 Å². The predicted molar refractivity (Wildman–Crippen MR) is 144 cm³/mol. The summed E-state index contributed by atoms with van der Waals surface area (Å²) >= 11 is 0. The van der Waals surface area contributed by atoms with E-state index in [2.05, 4.69) is 15.5 Å². The van der Waals surface area contributed by atoms with E-state index in [1.54, 1.807) is 37.3 Å². The van der Waals surface area contributed by atoms with Gasteiger partial charge < -0.3 is 14.8 Å². The van der Waals surface area contributed by atoms with Gasteiger partial charge in [-0.25, -0.2) is 8.99 Å². The summed E-state index contributed by atoms with van der Waals surface area (Å²) in [6.07, 6.45) is 1.32. The zero-order valence-electron chi connectivity index (χ0n) is 21.2. The number of hydrogen-bond acceptors (Lipinski definition) is 8. The van der Waals surface area contributed by atoms with Crippen LogP contribution in [-0.2, 0) is 9.73 Å². The van der Waals surface area contributed by atoms with Crippen molar-refractivity contribution in [2.24, 2.45) is 0 Å². The van der Waals surface area contributed by atoms with Crippen molar-refractivity contribution in [2.75, 3.05) is 18.7 Å². The molecule has 9 nitrogen and oxygen atoms in total. The quantitative estimate of drug-likeness (QED) is 0.313. The van der Waals surface area contributed by atoms with Crippen molar-refractivity contribution in [2.45, 2.75) is 18.7 Å². The van der Waals surface area contributed by atoms with Gasteiger partial charge in [-0.1, -0.05) is 30.3 Å². The molecule has 10 heteroatoms. The lowest BCUT2D eigenvalue weighted by Crippen LogP contribution is -2.17. The summed E-state index contributed by atoms with van der Waals surface area (Å²) in [6.45, 7) is 3.70. The third-order valence-corrected chi connectivity index (χ3v) is 7.01. The highest BCUT2D eigenvalue weighted by molar-refractivity contribution is 7.91. The number of benzene rings is 3. The minimum Gasteiger partial charge on any atom is -0.493 e. The Morgan fingerprint density at radius 2 is 1.79 bits per heavy atom. The normalized spacial score (nSPS) is 12.2. The van der Waals surface area contributed by atoms with Gasteiger partial charge in [0, 0.05) is 28.5 Å². The Morgan fingerprint density at radius 1 is 1.03 bits per heavy atom. The molecule has 2 N–H and O–H groups in total. The summed E-state index contributed by atoms with van der Waals surface area (Å²) in [5, 5.41) is 20.7. The molecular formula is C28H25N5O4S. The lowest BCUT2D eigenvalue weighted by Gasteiger charge is -2.17. The lowest BCUT2D eigenvalue weighted by molar-refractivity contribution is 0.102. The van der Waals surface area contributed by atoms with Crippen LogP contribution in [-0.4, -0.2) is 33.7 Å². The molecule has 0 fully saturated rings. The fourth-order valence-corrected chi connectivity index (χ4v) is 4.56. The van der Waals surface area contributed by atoms with Crippen molar-refractivity contribution < 1.29 is 18.5 Å². The van der Waals surface area contributed by atoms with Gasteiger partial charge in [0.2, 0.25) is 0 Å². The molecule has 4 aromatic rings. The highest BCUT2D eigenvalue weighted by atomic mass is 32.2. The Hall–Kier alpha value is -4.75. The maximum Gasteiger partial charge on any atom is 0.261 e. The number of carbonyl (C=O) groups excluding carboxylic acids is 1. The molecule has 38 heavy (non-hydrogen) atoms. The summed E-state index contributed by atoms with van der Waals surface area (Å²) < 4.78 is 31.5. The average molecular weight is 528 g/mol. The lowest BCUT2D eigenvalue weighted by atomic mass is 9.99. The van der Waals surface area contributed by atoms with Crippen LogP contribution in [0.3, 0.4) is 0 Å². The first-order chi connectivity index (χ1) is 18.1. The number of ether oxygens (including phenoxy) is 2. The fourth-order valence-electron chi connectivity index (χ4n) is 3.87. The van der Waals surface area contributed by atoms with Crippen LogP contribution in [0.5, 0.6) is 17.4 Å². The van der Waals surface area contributed by atoms with Gasteiger partial charge >= 0.3 is 0 Å². The number of nitrogens with zero attached hydrogens (tertiary/aromatic N) is 3. The number of amides is 1. The topological polar surface area (TPSA) is 138 Å². The number of nitrogens with one attached hydrogen (secondary N) is 2. The number of carbonyl (C=O) groups is 1. The Bertz CT molecular complexity index is 1690. The highest BCUT2D eigenvalue weighted by Crippen LogP contribution is 2.36. The molecule has 0 saturated heterocycles. The van der Waals surface area contributed by atoms with E-state index in [-0.39, 0.29) is 17.2 Å². The number of aryl methyl sites for hydroxylation is 1. The van der Waals surface area contributed by atoms with Crippen LogP contribution in [0.4, 0.5) is 5.69 Å². The van der Waals surface area contributed by atoms with E-state index in [4.69, 9.17) is 14.3 Å². The largest absolute Gasteiger partial charge is 0.493 e. The minimum atomic E-state index is -2.98. The number of hydrogen-bond donors (Lipinski definition) is 2. The zero-order chi connectivity index (χ0) is 27.4. The summed E-state index contributed by atoms with van der Waals surface area (Å²) in [7, 11) is -1.53. The van der Waals surface area contributed by atoms with Crippen LogP contribution in [0.2, 0.25) is 0 Å². The Balaban J connectivity index is 1.83. The Kier molecular flexibility index (Phi) is 7.41. The van der Waals surface area contributed by atoms with Crippen molar-refractivity contribution in [1.82, 2.24) is 10.2 Å². The number of aromatic nitrogens is 2. The van der Waals surface area contributed by atoms with E-state index in [0.29, 0.717) is 33.2 Å². The second kappa shape index (κ2) is 10.7. The zero-order valence-corrected chi connectivity index (χ0v) is 22.1. The summed E-state index contributed by atoms with van der Waals surface area (Å²) in [5.74, 6) is -0.0469. The van der Waals surface area contributed by atoms with Crippen LogP contribution in [0.25, 0.3) is 11.3 Å². The van der Waals surface area contributed by atoms with E-state index in [0.717, 1.165) is 11.1 Å². The van der Waals surface area contributed by atoms with Crippen LogP contribution >= 0.6 is 0 Å². The molecule has 0 aliphatic rings. The molecule has 0 saturated carbocycles. The molecule has 1 heterocycles. The molecule has 1 aromatic heterocycles. The Labute approximate surface area is 221 Å². The second-order valence-corrected chi connectivity index (χ2v) is 10.7. The van der Waals surface area contributed by atoms with Gasteiger partial charge in [0.15, 0.2) is 11.5 Å². The molecule has 0 aliphatic heterocycles. The van der Waals surface area contributed by atoms with E-state index >= 15 is 0 Å². The molecule has 1 atom stereocenters. The maximum absolute atomic E-state index is 13.7. The first-order valence-corrected chi connectivity index (χ1v) is 13.4. The van der Waals surface area contributed by atoms with Crippen molar-refractivity contribution in [3.8, 4) is 34.7 Å². The molecule has 192 valence electrons. The Morgan fingerprint density at radius 3 is 2.47 bits per heavy atom. The molecule has 4 rings (SSSR count). The standard InChI is InChI=1S/C28H25N5O4S/c1-17-8-5-6-11-22(17)26-18(2)25(27(34)31-20-9-7-10-21(15-20)38(4,30)35)28(33-32-26)37-23-13-12-19(16-29)14-24(23)36-3/h5-15,30H,1-4H3,(H,31,34)/t38-/m1/s1. The highest BCUT2D eigenvalue weighted by Gasteiger charge is 2.24. The van der Waals surface area contributed by atoms with E-state index < -0.39 is 15.6 Å². The molecule has 3 aromatic carbocycles. The van der Waals surface area contributed by atoms with Gasteiger partial charge in [0.1, 0.15) is 5.56 Å². The van der Waals surface area contributed by atoms with Gasteiger partial charge in [-0.15, -0.1) is 10.2 Å². The molecule has 0 radical (unpaired) electrons. The van der Waals surface area contributed by atoms with Crippen molar-refractivity contribution in [3.63, 3.8) is 0 Å². The average Bonchev–Trinajstić information content (AvgIpc) is 2.89. The van der Waals surface area contributed by atoms with Crippen LogP contribution in [0, 0.1) is 30.0 Å². The monoisotopic (exact) mass is 527 g/mol. The number of nitriles is 1. The molecule has 0 spiro atoms. The van der Waals surface area contributed by atoms with Gasteiger partial charge in [0.05, 0.1) is 34.2 Å². The number of anilines is 1. The van der Waals surface area contributed by atoms with Crippen molar-refractivity contribution >= 4 is 21.3 Å². The number of methoxy groups -OCH3 is 1.